The van der Waals surface area contributed by atoms with E-state index >= 15 is 0 Å². The van der Waals surface area contributed by atoms with Crippen LogP contribution >= 0.6 is 0 Å². The zero-order valence-electron chi connectivity index (χ0n) is 14.5. The van der Waals surface area contributed by atoms with Gasteiger partial charge >= 0.3 is 12.5 Å². The number of carbonyl (C=O) groups is 1. The number of halogens is 3. The van der Waals surface area contributed by atoms with Crippen molar-refractivity contribution in [3.63, 3.8) is 0 Å². The lowest BCUT2D eigenvalue weighted by molar-refractivity contribution is -0.274. The molecule has 1 aliphatic heterocycles. The minimum atomic E-state index is -4.74. The fourth-order valence-electron chi connectivity index (χ4n) is 2.82. The van der Waals surface area contributed by atoms with Gasteiger partial charge in [0.1, 0.15) is 11.4 Å². The molecule has 1 saturated heterocycles. The van der Waals surface area contributed by atoms with Gasteiger partial charge in [-0.15, -0.1) is 13.2 Å². The van der Waals surface area contributed by atoms with Gasteiger partial charge in [-0.1, -0.05) is 6.07 Å². The van der Waals surface area contributed by atoms with Crippen molar-refractivity contribution in [1.82, 2.24) is 4.90 Å². The molecule has 0 aliphatic carbocycles. The summed E-state index contributed by atoms with van der Waals surface area (Å²) in [6.07, 6.45) is -3.76. The first-order chi connectivity index (χ1) is 11.4. The Labute approximate surface area is 144 Å². The molecular weight excluding hydrogens is 337 g/mol. The molecule has 0 atom stereocenters. The summed E-state index contributed by atoms with van der Waals surface area (Å²) in [7, 11) is 0. The standard InChI is InChI=1S/C17H23F3N2O3/c1-16(2,3)25-15(23)22-8-6-11(7-9-22)13-5-4-12(10-14(13)21)24-17(18,19)20/h4-5,10-11H,6-9,21H2,1-3H3. The number of anilines is 1. The number of nitrogens with two attached hydrogens (primary N) is 1. The smallest absolute Gasteiger partial charge is 0.444 e. The van der Waals surface area contributed by atoms with Crippen molar-refractivity contribution in [2.24, 2.45) is 0 Å². The highest BCUT2D eigenvalue weighted by molar-refractivity contribution is 5.68. The lowest BCUT2D eigenvalue weighted by Gasteiger charge is -2.34. The van der Waals surface area contributed by atoms with E-state index in [1.54, 1.807) is 11.0 Å². The molecule has 0 radical (unpaired) electrons. The van der Waals surface area contributed by atoms with Crippen LogP contribution in [0.3, 0.4) is 0 Å². The van der Waals surface area contributed by atoms with Crippen molar-refractivity contribution >= 4 is 11.8 Å². The van der Waals surface area contributed by atoms with E-state index in [0.717, 1.165) is 5.56 Å². The summed E-state index contributed by atoms with van der Waals surface area (Å²) in [6, 6.07) is 4.01. The number of nitrogens with zero attached hydrogens (tertiary/aromatic N) is 1. The van der Waals surface area contributed by atoms with Gasteiger partial charge in [-0.2, -0.15) is 0 Å². The first-order valence-electron chi connectivity index (χ1n) is 8.08. The van der Waals surface area contributed by atoms with Crippen molar-refractivity contribution in [1.29, 1.82) is 0 Å². The number of likely N-dealkylation sites (tertiary alicyclic amines) is 1. The predicted octanol–water partition coefficient (Wildman–Crippen LogP) is 4.28. The van der Waals surface area contributed by atoms with E-state index in [1.807, 2.05) is 20.8 Å². The first kappa shape index (κ1) is 19.2. The molecule has 1 aromatic rings. The molecular formula is C17H23F3N2O3. The molecule has 5 nitrogen and oxygen atoms in total. The van der Waals surface area contributed by atoms with Crippen molar-refractivity contribution in [3.05, 3.63) is 23.8 Å². The third-order valence-electron chi connectivity index (χ3n) is 3.88. The van der Waals surface area contributed by atoms with E-state index in [4.69, 9.17) is 10.5 Å². The fourth-order valence-corrected chi connectivity index (χ4v) is 2.82. The highest BCUT2D eigenvalue weighted by Gasteiger charge is 2.32. The summed E-state index contributed by atoms with van der Waals surface area (Å²) < 4.78 is 46.0. The molecule has 0 saturated carbocycles. The van der Waals surface area contributed by atoms with E-state index in [-0.39, 0.29) is 23.4 Å². The number of benzene rings is 1. The normalized spacial score (nSPS) is 16.6. The van der Waals surface area contributed by atoms with Gasteiger partial charge in [0.25, 0.3) is 0 Å². The average molecular weight is 360 g/mol. The average Bonchev–Trinajstić information content (AvgIpc) is 2.44. The van der Waals surface area contributed by atoms with E-state index in [9.17, 15) is 18.0 Å². The Morgan fingerprint density at radius 1 is 1.20 bits per heavy atom. The second kappa shape index (κ2) is 7.01. The molecule has 1 aliphatic rings. The van der Waals surface area contributed by atoms with Gasteiger partial charge in [0.2, 0.25) is 0 Å². The summed E-state index contributed by atoms with van der Waals surface area (Å²) in [5.41, 5.74) is 6.39. The van der Waals surface area contributed by atoms with Crippen molar-refractivity contribution in [3.8, 4) is 5.75 Å². The lowest BCUT2D eigenvalue weighted by Crippen LogP contribution is -2.41. The zero-order chi connectivity index (χ0) is 18.8. The fraction of sp³-hybridized carbons (Fsp3) is 0.588. The van der Waals surface area contributed by atoms with Gasteiger partial charge in [-0.05, 0) is 51.2 Å². The number of carbonyl (C=O) groups excluding carboxylic acids is 1. The Morgan fingerprint density at radius 3 is 2.28 bits per heavy atom. The quantitative estimate of drug-likeness (QED) is 0.800. The Hall–Kier alpha value is -2.12. The highest BCUT2D eigenvalue weighted by atomic mass is 19.4. The second-order valence-electron chi connectivity index (χ2n) is 7.08. The largest absolute Gasteiger partial charge is 0.573 e. The van der Waals surface area contributed by atoms with E-state index in [1.165, 1.54) is 12.1 Å². The van der Waals surface area contributed by atoms with Gasteiger partial charge < -0.3 is 20.1 Å². The van der Waals surface area contributed by atoms with Crippen molar-refractivity contribution in [2.75, 3.05) is 18.8 Å². The van der Waals surface area contributed by atoms with E-state index in [0.29, 0.717) is 25.9 Å². The number of rotatable bonds is 2. The number of ether oxygens (including phenoxy) is 2. The minimum absolute atomic E-state index is 0.0821. The van der Waals surface area contributed by atoms with Crippen LogP contribution in [0.2, 0.25) is 0 Å². The molecule has 8 heteroatoms. The molecule has 1 aromatic carbocycles. The van der Waals surface area contributed by atoms with E-state index < -0.39 is 12.0 Å². The third-order valence-corrected chi connectivity index (χ3v) is 3.88. The van der Waals surface area contributed by atoms with E-state index in [2.05, 4.69) is 4.74 Å². The molecule has 0 unspecified atom stereocenters. The number of alkyl halides is 3. The maximum Gasteiger partial charge on any atom is 0.573 e. The molecule has 0 bridgehead atoms. The molecule has 0 spiro atoms. The van der Waals surface area contributed by atoms with Crippen LogP contribution in [0.1, 0.15) is 45.1 Å². The molecule has 2 N–H and O–H groups in total. The Bertz CT molecular complexity index is 619. The van der Waals surface area contributed by atoms with Crippen LogP contribution in [-0.2, 0) is 4.74 Å². The molecule has 140 valence electrons. The number of amides is 1. The van der Waals surface area contributed by atoms with Gasteiger partial charge in [-0.3, -0.25) is 0 Å². The maximum atomic E-state index is 12.3. The van der Waals surface area contributed by atoms with Crippen LogP contribution < -0.4 is 10.5 Å². The van der Waals surface area contributed by atoms with Crippen LogP contribution in [-0.4, -0.2) is 36.0 Å². The molecule has 2 rings (SSSR count). The Morgan fingerprint density at radius 2 is 1.80 bits per heavy atom. The molecule has 0 aromatic heterocycles. The number of piperidine rings is 1. The number of hydrogen-bond acceptors (Lipinski definition) is 4. The van der Waals surface area contributed by atoms with Crippen molar-refractivity contribution in [2.45, 2.75) is 51.5 Å². The summed E-state index contributed by atoms with van der Waals surface area (Å²) in [5.74, 6) is -0.251. The number of hydrogen-bond donors (Lipinski definition) is 1. The second-order valence-corrected chi connectivity index (χ2v) is 7.08. The summed E-state index contributed by atoms with van der Waals surface area (Å²) in [6.45, 7) is 6.45. The topological polar surface area (TPSA) is 64.8 Å². The highest BCUT2D eigenvalue weighted by Crippen LogP contribution is 2.35. The molecule has 1 fully saturated rings. The summed E-state index contributed by atoms with van der Waals surface area (Å²) in [4.78, 5) is 13.7. The maximum absolute atomic E-state index is 12.3. The third kappa shape index (κ3) is 5.72. The number of nitrogen functional groups attached to an aromatic ring is 1. The van der Waals surface area contributed by atoms with Gasteiger partial charge in [0.05, 0.1) is 0 Å². The first-order valence-corrected chi connectivity index (χ1v) is 8.08. The van der Waals surface area contributed by atoms with Crippen LogP contribution in [0.4, 0.5) is 23.7 Å². The van der Waals surface area contributed by atoms with Crippen LogP contribution in [0.15, 0.2) is 18.2 Å². The summed E-state index contributed by atoms with van der Waals surface area (Å²) in [5, 5.41) is 0. The lowest BCUT2D eigenvalue weighted by atomic mass is 9.88. The van der Waals surface area contributed by atoms with Gasteiger partial charge in [-0.25, -0.2) is 4.79 Å². The van der Waals surface area contributed by atoms with Gasteiger partial charge in [0, 0.05) is 24.8 Å². The molecule has 1 heterocycles. The minimum Gasteiger partial charge on any atom is -0.444 e. The van der Waals surface area contributed by atoms with Crippen LogP contribution in [0, 0.1) is 0 Å². The predicted molar refractivity (Wildman–Crippen MR) is 87.3 cm³/mol. The van der Waals surface area contributed by atoms with Crippen LogP contribution in [0.5, 0.6) is 5.75 Å². The Balaban J connectivity index is 1.98. The Kier molecular flexibility index (Phi) is 5.39. The van der Waals surface area contributed by atoms with Gasteiger partial charge in [0.15, 0.2) is 0 Å². The molecule has 1 amide bonds. The molecule has 25 heavy (non-hydrogen) atoms. The summed E-state index contributed by atoms with van der Waals surface area (Å²) >= 11 is 0. The zero-order valence-corrected chi connectivity index (χ0v) is 14.5. The SMILES string of the molecule is CC(C)(C)OC(=O)N1CCC(c2ccc(OC(F)(F)F)cc2N)CC1. The monoisotopic (exact) mass is 360 g/mol. The van der Waals surface area contributed by atoms with Crippen LogP contribution in [0.25, 0.3) is 0 Å². The van der Waals surface area contributed by atoms with Crippen molar-refractivity contribution < 1.29 is 27.4 Å².